The van der Waals surface area contributed by atoms with Gasteiger partial charge in [0.1, 0.15) is 0 Å². The molecule has 0 radical (unpaired) electrons. The van der Waals surface area contributed by atoms with Gasteiger partial charge in [-0.3, -0.25) is 14.5 Å². The van der Waals surface area contributed by atoms with Crippen LogP contribution >= 0.6 is 0 Å². The monoisotopic (exact) mass is 205 g/mol. The van der Waals surface area contributed by atoms with Crippen LogP contribution in [0.15, 0.2) is 0 Å². The average Bonchev–Trinajstić information content (AvgIpc) is 2.14. The van der Waals surface area contributed by atoms with E-state index in [1.807, 2.05) is 18.7 Å². The first kappa shape index (κ1) is 15.4. The maximum atomic E-state index is 10.1. The molecule has 0 saturated carbocycles. The zero-order valence-electron chi connectivity index (χ0n) is 8.99. The highest BCUT2D eigenvalue weighted by Crippen LogP contribution is 1.84. The van der Waals surface area contributed by atoms with Gasteiger partial charge in [-0.25, -0.2) is 0 Å². The third-order valence-electron chi connectivity index (χ3n) is 1.56. The van der Waals surface area contributed by atoms with Crippen molar-refractivity contribution in [3.8, 4) is 0 Å². The Hall–Kier alpha value is -1.10. The van der Waals surface area contributed by atoms with Crippen LogP contribution in [0.2, 0.25) is 0 Å². The number of hydrogen-bond acceptors (Lipinski definition) is 3. The van der Waals surface area contributed by atoms with Gasteiger partial charge >= 0.3 is 11.9 Å². The Bertz CT molecular complexity index is 166. The summed E-state index contributed by atoms with van der Waals surface area (Å²) in [5.74, 6) is -1.50. The quantitative estimate of drug-likeness (QED) is 0.697. The number of likely N-dealkylation sites (N-methyl/N-ethyl adjacent to an activating group) is 1. The molecule has 0 atom stereocenters. The van der Waals surface area contributed by atoms with Crippen molar-refractivity contribution in [2.75, 3.05) is 19.6 Å². The van der Waals surface area contributed by atoms with Crippen molar-refractivity contribution in [3.63, 3.8) is 0 Å². The van der Waals surface area contributed by atoms with Crippen LogP contribution in [0.4, 0.5) is 0 Å². The molecule has 0 saturated heterocycles. The van der Waals surface area contributed by atoms with Gasteiger partial charge in [0.15, 0.2) is 0 Å². The van der Waals surface area contributed by atoms with Crippen LogP contribution in [0.5, 0.6) is 0 Å². The lowest BCUT2D eigenvalue weighted by molar-refractivity contribution is -0.138. The summed E-state index contributed by atoms with van der Waals surface area (Å²) < 4.78 is 0. The Morgan fingerprint density at radius 2 is 1.36 bits per heavy atom. The maximum absolute atomic E-state index is 10.1. The van der Waals surface area contributed by atoms with Gasteiger partial charge in [-0.2, -0.15) is 0 Å². The summed E-state index contributed by atoms with van der Waals surface area (Å²) >= 11 is 0. The third kappa shape index (κ3) is 13.5. The number of rotatable bonds is 5. The van der Waals surface area contributed by atoms with Gasteiger partial charge < -0.3 is 10.2 Å². The molecule has 0 aliphatic heterocycles. The highest BCUT2D eigenvalue weighted by Gasteiger charge is 2.02. The molecule has 5 heteroatoms. The molecule has 2 N–H and O–H groups in total. The Morgan fingerprint density at radius 3 is 1.43 bits per heavy atom. The van der Waals surface area contributed by atoms with Crippen molar-refractivity contribution in [3.05, 3.63) is 0 Å². The number of carboxylic acid groups (broad SMARTS) is 2. The lowest BCUT2D eigenvalue weighted by atomic mass is 10.5. The number of carboxylic acids is 2. The van der Waals surface area contributed by atoms with E-state index in [0.717, 1.165) is 13.1 Å². The third-order valence-corrected chi connectivity index (χ3v) is 1.56. The van der Waals surface area contributed by atoms with Gasteiger partial charge in [-0.15, -0.1) is 0 Å². The van der Waals surface area contributed by atoms with E-state index < -0.39 is 11.9 Å². The second-order valence-corrected chi connectivity index (χ2v) is 2.60. The number of nitrogens with zero attached hydrogens (tertiary/aromatic N) is 1. The Labute approximate surface area is 84.3 Å². The first-order valence-electron chi connectivity index (χ1n) is 4.63. The lowest BCUT2D eigenvalue weighted by Gasteiger charge is -2.13. The van der Waals surface area contributed by atoms with E-state index in [9.17, 15) is 9.59 Å². The molecule has 0 heterocycles. The fraction of sp³-hybridized carbons (Fsp3) is 0.778. The molecule has 0 spiro atoms. The first-order chi connectivity index (χ1) is 6.47. The molecule has 5 nitrogen and oxygen atoms in total. The number of aliphatic carboxylic acids is 2. The fourth-order valence-corrected chi connectivity index (χ4v) is 0.639. The fourth-order valence-electron chi connectivity index (χ4n) is 0.639. The molecular weight excluding hydrogens is 186 g/mol. The van der Waals surface area contributed by atoms with E-state index in [4.69, 9.17) is 10.2 Å². The SMILES string of the molecule is CCC(=O)O.CCN(CC)CC(=O)O. The maximum Gasteiger partial charge on any atom is 0.317 e. The molecule has 0 aromatic carbocycles. The van der Waals surface area contributed by atoms with Gasteiger partial charge in [0.2, 0.25) is 0 Å². The summed E-state index contributed by atoms with van der Waals surface area (Å²) in [5.41, 5.74) is 0. The molecule has 0 aliphatic carbocycles. The van der Waals surface area contributed by atoms with Crippen molar-refractivity contribution in [2.45, 2.75) is 27.2 Å². The van der Waals surface area contributed by atoms with E-state index in [1.54, 1.807) is 6.92 Å². The standard InChI is InChI=1S/C6H13NO2.C3H6O2/c1-3-7(4-2)5-6(8)9;1-2-3(4)5/h3-5H2,1-2H3,(H,8,9);2H2,1H3,(H,4,5). The summed E-state index contributed by atoms with van der Waals surface area (Å²) in [5, 5.41) is 16.0. The number of carbonyl (C=O) groups is 2. The summed E-state index contributed by atoms with van der Waals surface area (Å²) in [7, 11) is 0. The summed E-state index contributed by atoms with van der Waals surface area (Å²) in [6, 6.07) is 0. The van der Waals surface area contributed by atoms with Crippen LogP contribution in [-0.4, -0.2) is 46.7 Å². The van der Waals surface area contributed by atoms with Crippen molar-refractivity contribution in [1.29, 1.82) is 0 Å². The van der Waals surface area contributed by atoms with Gasteiger partial charge in [-0.1, -0.05) is 20.8 Å². The molecule has 0 bridgehead atoms. The Morgan fingerprint density at radius 1 is 1.00 bits per heavy atom. The summed E-state index contributed by atoms with van der Waals surface area (Å²) in [6.07, 6.45) is 0.222. The van der Waals surface area contributed by atoms with Crippen LogP contribution < -0.4 is 0 Å². The second kappa shape index (κ2) is 9.98. The molecule has 14 heavy (non-hydrogen) atoms. The topological polar surface area (TPSA) is 77.8 Å². The Kier molecular flexibility index (Phi) is 11.0. The number of hydrogen-bond donors (Lipinski definition) is 2. The van der Waals surface area contributed by atoms with E-state index >= 15 is 0 Å². The normalized spacial score (nSPS) is 9.14. The van der Waals surface area contributed by atoms with E-state index in [1.165, 1.54) is 0 Å². The Balaban J connectivity index is 0. The molecule has 0 aromatic heterocycles. The second-order valence-electron chi connectivity index (χ2n) is 2.60. The van der Waals surface area contributed by atoms with E-state index in [2.05, 4.69) is 0 Å². The van der Waals surface area contributed by atoms with Crippen molar-refractivity contribution in [1.82, 2.24) is 4.90 Å². The van der Waals surface area contributed by atoms with Crippen LogP contribution in [0.25, 0.3) is 0 Å². The average molecular weight is 205 g/mol. The molecule has 0 aromatic rings. The van der Waals surface area contributed by atoms with Gasteiger partial charge in [-0.05, 0) is 13.1 Å². The predicted octanol–water partition coefficient (Wildman–Crippen LogP) is 0.894. The first-order valence-corrected chi connectivity index (χ1v) is 4.63. The highest BCUT2D eigenvalue weighted by atomic mass is 16.4. The van der Waals surface area contributed by atoms with Crippen LogP contribution in [-0.2, 0) is 9.59 Å². The minimum absolute atomic E-state index is 0.160. The van der Waals surface area contributed by atoms with Crippen LogP contribution in [0.3, 0.4) is 0 Å². The largest absolute Gasteiger partial charge is 0.481 e. The molecule has 0 aliphatic rings. The summed E-state index contributed by atoms with van der Waals surface area (Å²) in [6.45, 7) is 7.28. The van der Waals surface area contributed by atoms with Crippen molar-refractivity contribution >= 4 is 11.9 Å². The van der Waals surface area contributed by atoms with Crippen molar-refractivity contribution < 1.29 is 19.8 Å². The minimum atomic E-state index is -0.751. The van der Waals surface area contributed by atoms with E-state index in [-0.39, 0.29) is 13.0 Å². The van der Waals surface area contributed by atoms with Crippen LogP contribution in [0, 0.1) is 0 Å². The molecular formula is C9H19NO4. The highest BCUT2D eigenvalue weighted by molar-refractivity contribution is 5.69. The zero-order valence-corrected chi connectivity index (χ0v) is 8.99. The minimum Gasteiger partial charge on any atom is -0.481 e. The zero-order chi connectivity index (χ0) is 11.6. The summed E-state index contributed by atoms with van der Waals surface area (Å²) in [4.78, 5) is 21.3. The van der Waals surface area contributed by atoms with Gasteiger partial charge in [0.25, 0.3) is 0 Å². The van der Waals surface area contributed by atoms with Gasteiger partial charge in [0.05, 0.1) is 6.54 Å². The molecule has 0 fully saturated rings. The lowest BCUT2D eigenvalue weighted by Crippen LogP contribution is -2.29. The molecule has 0 amide bonds. The van der Waals surface area contributed by atoms with Crippen LogP contribution in [0.1, 0.15) is 27.2 Å². The molecule has 0 unspecified atom stereocenters. The van der Waals surface area contributed by atoms with Gasteiger partial charge in [0, 0.05) is 6.42 Å². The molecule has 84 valence electrons. The van der Waals surface area contributed by atoms with E-state index in [0.29, 0.717) is 0 Å². The molecule has 0 rings (SSSR count). The predicted molar refractivity (Wildman–Crippen MR) is 53.4 cm³/mol. The van der Waals surface area contributed by atoms with Crippen molar-refractivity contribution in [2.24, 2.45) is 0 Å². The smallest absolute Gasteiger partial charge is 0.317 e.